The van der Waals surface area contributed by atoms with Crippen molar-refractivity contribution in [3.05, 3.63) is 83.7 Å². The minimum absolute atomic E-state index is 0.000619. The molecule has 3 aromatic rings. The summed E-state index contributed by atoms with van der Waals surface area (Å²) in [7, 11) is -9.91. The highest BCUT2D eigenvalue weighted by Crippen LogP contribution is 3.02. The lowest BCUT2D eigenvalue weighted by atomic mass is 10.0. The predicted molar refractivity (Wildman–Crippen MR) is 122 cm³/mol. The van der Waals surface area contributed by atoms with Gasteiger partial charge in [0.05, 0.1) is 17.7 Å². The second kappa shape index (κ2) is 8.94. The van der Waals surface area contributed by atoms with Gasteiger partial charge in [-0.15, -0.1) is 0 Å². The van der Waals surface area contributed by atoms with Gasteiger partial charge in [0.15, 0.2) is 17.0 Å². The molecular formula is C24H17F6N3O3S. The Morgan fingerprint density at radius 3 is 2.11 bits per heavy atom. The zero-order valence-electron chi connectivity index (χ0n) is 18.9. The monoisotopic (exact) mass is 541 g/mol. The van der Waals surface area contributed by atoms with Gasteiger partial charge in [0.2, 0.25) is 0 Å². The van der Waals surface area contributed by atoms with Crippen LogP contribution in [0.5, 0.6) is 17.2 Å². The molecule has 37 heavy (non-hydrogen) atoms. The van der Waals surface area contributed by atoms with Crippen LogP contribution >= 0.6 is 10.2 Å². The molecule has 1 atom stereocenters. The Labute approximate surface area is 207 Å². The molecule has 0 saturated heterocycles. The van der Waals surface area contributed by atoms with Crippen LogP contribution in [0.2, 0.25) is 0 Å². The zero-order valence-corrected chi connectivity index (χ0v) is 19.7. The number of benzene rings is 3. The normalized spacial score (nSPS) is 14.6. The highest BCUT2D eigenvalue weighted by Gasteiger charge is 2.65. The molecule has 1 amide bonds. The van der Waals surface area contributed by atoms with E-state index in [1.807, 2.05) is 6.07 Å². The molecule has 3 rings (SSSR count). The minimum atomic E-state index is -9.91. The van der Waals surface area contributed by atoms with Crippen LogP contribution in [-0.2, 0) is 0 Å². The Kier molecular flexibility index (Phi) is 6.58. The molecule has 1 N–H and O–H groups in total. The smallest absolute Gasteiger partial charge is 0.310 e. The average Bonchev–Trinajstić information content (AvgIpc) is 2.83. The molecule has 0 aliphatic carbocycles. The van der Waals surface area contributed by atoms with Gasteiger partial charge in [-0.2, -0.15) is 10.5 Å². The van der Waals surface area contributed by atoms with Crippen molar-refractivity contribution in [3.8, 4) is 29.4 Å². The molecule has 13 heteroatoms. The Morgan fingerprint density at radius 1 is 0.946 bits per heavy atom. The van der Waals surface area contributed by atoms with Crippen molar-refractivity contribution in [1.82, 2.24) is 5.32 Å². The summed E-state index contributed by atoms with van der Waals surface area (Å²) in [5, 5.41) is 21.1. The second-order valence-electron chi connectivity index (χ2n) is 8.01. The number of nitrogens with zero attached hydrogens (tertiary/aromatic N) is 2. The van der Waals surface area contributed by atoms with E-state index in [4.69, 9.17) is 9.47 Å². The van der Waals surface area contributed by atoms with Crippen molar-refractivity contribution in [2.24, 2.45) is 0 Å². The molecule has 0 bridgehead atoms. The maximum absolute atomic E-state index is 13.2. The SMILES string of the molecule is CC(C#N)(COc1cc(C#N)ccc1Oc1ccc(F)cc1)NC(=O)c1ccc(S(F)(F)(F)(F)F)cc1. The van der Waals surface area contributed by atoms with Gasteiger partial charge in [-0.25, -0.2) is 4.39 Å². The Morgan fingerprint density at radius 2 is 1.57 bits per heavy atom. The quantitative estimate of drug-likeness (QED) is 0.304. The van der Waals surface area contributed by atoms with Gasteiger partial charge in [-0.05, 0) is 67.6 Å². The molecule has 3 aromatic carbocycles. The van der Waals surface area contributed by atoms with Crippen molar-refractivity contribution in [2.45, 2.75) is 17.4 Å². The number of rotatable bonds is 8. The molecular weight excluding hydrogens is 524 g/mol. The molecule has 0 aliphatic heterocycles. The number of carbonyl (C=O) groups is 1. The summed E-state index contributed by atoms with van der Waals surface area (Å²) < 4.78 is 89.0. The fraction of sp³-hybridized carbons (Fsp3) is 0.125. The largest absolute Gasteiger partial charge is 0.486 e. The van der Waals surface area contributed by atoms with Crippen LogP contribution in [0.4, 0.5) is 23.8 Å². The number of hydrogen-bond donors (Lipinski definition) is 1. The van der Waals surface area contributed by atoms with Crippen molar-refractivity contribution >= 4 is 16.1 Å². The Balaban J connectivity index is 1.78. The molecule has 0 radical (unpaired) electrons. The first-order valence-corrected chi connectivity index (χ1v) is 12.2. The van der Waals surface area contributed by atoms with Gasteiger partial charge >= 0.3 is 10.2 Å². The number of carbonyl (C=O) groups excluding carboxylic acids is 1. The van der Waals surface area contributed by atoms with Crippen molar-refractivity contribution < 1.29 is 38.1 Å². The lowest BCUT2D eigenvalue weighted by Crippen LogP contribution is -2.49. The van der Waals surface area contributed by atoms with E-state index in [9.17, 15) is 39.1 Å². The van der Waals surface area contributed by atoms with E-state index in [-0.39, 0.29) is 34.9 Å². The molecule has 0 aliphatic rings. The number of hydrogen-bond acceptors (Lipinski definition) is 5. The maximum Gasteiger partial charge on any atom is 0.310 e. The third-order valence-corrected chi connectivity index (χ3v) is 5.99. The third kappa shape index (κ3) is 7.08. The number of amides is 1. The summed E-state index contributed by atoms with van der Waals surface area (Å²) in [6.07, 6.45) is 0. The summed E-state index contributed by atoms with van der Waals surface area (Å²) >= 11 is 0. The minimum Gasteiger partial charge on any atom is -0.486 e. The van der Waals surface area contributed by atoms with Crippen LogP contribution in [0.3, 0.4) is 0 Å². The predicted octanol–water partition coefficient (Wildman–Crippen LogP) is 7.24. The Hall–Kier alpha value is -4.36. The second-order valence-corrected chi connectivity index (χ2v) is 10.4. The van der Waals surface area contributed by atoms with E-state index >= 15 is 0 Å². The first-order chi connectivity index (χ1) is 17.0. The third-order valence-electron chi connectivity index (χ3n) is 4.83. The summed E-state index contributed by atoms with van der Waals surface area (Å²) in [6.45, 7) is 0.746. The van der Waals surface area contributed by atoms with Crippen molar-refractivity contribution in [3.63, 3.8) is 0 Å². The van der Waals surface area contributed by atoms with Gasteiger partial charge in [-0.3, -0.25) is 4.79 Å². The van der Waals surface area contributed by atoms with Crippen LogP contribution in [0, 0.1) is 28.5 Å². The summed E-state index contributed by atoms with van der Waals surface area (Å²) in [5.41, 5.74) is -1.97. The first-order valence-electron chi connectivity index (χ1n) is 10.2. The van der Waals surface area contributed by atoms with Gasteiger partial charge in [-0.1, -0.05) is 19.4 Å². The highest BCUT2D eigenvalue weighted by atomic mass is 32.5. The highest BCUT2D eigenvalue weighted by molar-refractivity contribution is 8.45. The van der Waals surface area contributed by atoms with Crippen LogP contribution in [-0.4, -0.2) is 18.1 Å². The van der Waals surface area contributed by atoms with Gasteiger partial charge in [0.25, 0.3) is 5.91 Å². The summed E-state index contributed by atoms with van der Waals surface area (Å²) in [5.74, 6) is -1.17. The standard InChI is InChI=1S/C24H17F6N3O3S/c1-24(14-32,33-23(34)17-3-9-20(10-4-17)37(26,27,28,29)30)15-35-22-12-16(13-31)2-11-21(22)36-19-7-5-18(25)6-8-19/h2-12H,15H2,1H3,(H,33,34). The maximum atomic E-state index is 13.2. The van der Waals surface area contributed by atoms with Gasteiger partial charge in [0, 0.05) is 11.6 Å². The van der Waals surface area contributed by atoms with Crippen molar-refractivity contribution in [1.29, 1.82) is 10.5 Å². The van der Waals surface area contributed by atoms with Gasteiger partial charge < -0.3 is 14.8 Å². The molecule has 0 heterocycles. The topological polar surface area (TPSA) is 95.1 Å². The molecule has 1 unspecified atom stereocenters. The van der Waals surface area contributed by atoms with Crippen LogP contribution in [0.25, 0.3) is 0 Å². The fourth-order valence-corrected chi connectivity index (χ4v) is 3.56. The average molecular weight is 541 g/mol. The van der Waals surface area contributed by atoms with E-state index in [0.29, 0.717) is 12.1 Å². The lowest BCUT2D eigenvalue weighted by Gasteiger charge is -2.40. The van der Waals surface area contributed by atoms with E-state index < -0.39 is 44.6 Å². The lowest BCUT2D eigenvalue weighted by molar-refractivity contribution is 0.0900. The molecule has 0 saturated carbocycles. The molecule has 194 valence electrons. The van der Waals surface area contributed by atoms with E-state index in [1.54, 1.807) is 6.07 Å². The van der Waals surface area contributed by atoms with Crippen LogP contribution in [0.15, 0.2) is 71.6 Å². The van der Waals surface area contributed by atoms with Crippen LogP contribution in [0.1, 0.15) is 22.8 Å². The van der Waals surface area contributed by atoms with Gasteiger partial charge in [0.1, 0.15) is 23.1 Å². The molecule has 0 spiro atoms. The number of ether oxygens (including phenoxy) is 2. The molecule has 0 fully saturated rings. The first kappa shape index (κ1) is 27.2. The van der Waals surface area contributed by atoms with E-state index in [2.05, 4.69) is 5.32 Å². The van der Waals surface area contributed by atoms with Crippen LogP contribution < -0.4 is 14.8 Å². The van der Waals surface area contributed by atoms with Crippen molar-refractivity contribution in [2.75, 3.05) is 6.61 Å². The Bertz CT molecular complexity index is 1420. The summed E-state index contributed by atoms with van der Waals surface area (Å²) in [4.78, 5) is 10.4. The molecule has 0 aromatic heterocycles. The fourth-order valence-electron chi connectivity index (χ4n) is 2.91. The number of halogens is 6. The van der Waals surface area contributed by atoms with E-state index in [1.165, 1.54) is 37.3 Å². The number of nitriles is 2. The number of nitrogens with one attached hydrogen (secondary N) is 1. The summed E-state index contributed by atoms with van der Waals surface area (Å²) in [6, 6.07) is 14.1. The zero-order chi connectivity index (χ0) is 27.5. The van der Waals surface area contributed by atoms with E-state index in [0.717, 1.165) is 12.1 Å². The molecule has 6 nitrogen and oxygen atoms in total.